The monoisotopic (exact) mass is 571 g/mol. The van der Waals surface area contributed by atoms with Gasteiger partial charge in [0.05, 0.1) is 31.1 Å². The molecule has 0 fully saturated rings. The van der Waals surface area contributed by atoms with Crippen LogP contribution in [-0.4, -0.2) is 74.1 Å². The second-order valence-electron chi connectivity index (χ2n) is 10.3. The first-order chi connectivity index (χ1) is 18.4. The van der Waals surface area contributed by atoms with E-state index in [2.05, 4.69) is 32.1 Å². The number of hydrogen-bond acceptors (Lipinski definition) is 10. The second-order valence-corrected chi connectivity index (χ2v) is 12.5. The molecule has 5 N–H and O–H groups in total. The zero-order valence-electron chi connectivity index (χ0n) is 24.1. The van der Waals surface area contributed by atoms with Crippen molar-refractivity contribution in [2.24, 2.45) is 0 Å². The molecule has 14 heteroatoms. The molecule has 2 heterocycles. The van der Waals surface area contributed by atoms with Crippen LogP contribution in [0.15, 0.2) is 12.7 Å². The highest BCUT2D eigenvalue weighted by Crippen LogP contribution is 2.41. The standard InChI is InChI=1S/C25H46N7O6P/c1-7-9-11-13-37-24(34)25(5,6)31-39(35,30-19(4)23(33)36-12-10-8-2)17-38-18(3)14-32-16-29-20-21(26)27-15-28-22(20)32/h15-16,18-19,24,34H,7-14,17H2,1-6H3,(H2,26,27,28)(H2,30,31,35)/t18-,19-,24?,39-/m1/s1. The van der Waals surface area contributed by atoms with Crippen LogP contribution in [-0.2, 0) is 30.1 Å². The fourth-order valence-electron chi connectivity index (χ4n) is 3.78. The van der Waals surface area contributed by atoms with Crippen molar-refractivity contribution < 1.29 is 28.7 Å². The van der Waals surface area contributed by atoms with Crippen molar-refractivity contribution in [2.45, 2.75) is 104 Å². The average molecular weight is 572 g/mol. The van der Waals surface area contributed by atoms with Crippen molar-refractivity contribution in [3.8, 4) is 0 Å². The average Bonchev–Trinajstić information content (AvgIpc) is 3.29. The lowest BCUT2D eigenvalue weighted by molar-refractivity contribution is -0.145. The Labute approximate surface area is 231 Å². The molecule has 0 radical (unpaired) electrons. The minimum absolute atomic E-state index is 0.267. The lowest BCUT2D eigenvalue weighted by Crippen LogP contribution is -2.52. The van der Waals surface area contributed by atoms with E-state index in [1.54, 1.807) is 31.7 Å². The largest absolute Gasteiger partial charge is 0.465 e. The maximum Gasteiger partial charge on any atom is 0.323 e. The molecule has 2 aromatic rings. The van der Waals surface area contributed by atoms with Gasteiger partial charge in [0.25, 0.3) is 0 Å². The Balaban J connectivity index is 2.12. The molecule has 0 amide bonds. The number of rotatable bonds is 19. The first-order valence-corrected chi connectivity index (χ1v) is 15.5. The van der Waals surface area contributed by atoms with Gasteiger partial charge in [0.1, 0.15) is 24.2 Å². The molecule has 39 heavy (non-hydrogen) atoms. The van der Waals surface area contributed by atoms with Crippen molar-refractivity contribution in [3.05, 3.63) is 12.7 Å². The number of nitrogens with zero attached hydrogens (tertiary/aromatic N) is 4. The van der Waals surface area contributed by atoms with E-state index in [1.165, 1.54) is 6.33 Å². The Morgan fingerprint density at radius 3 is 2.54 bits per heavy atom. The Morgan fingerprint density at radius 2 is 1.85 bits per heavy atom. The minimum atomic E-state index is -3.62. The Hall–Kier alpha value is -2.15. The summed E-state index contributed by atoms with van der Waals surface area (Å²) in [6.07, 6.45) is 5.47. The van der Waals surface area contributed by atoms with E-state index in [0.717, 1.165) is 32.1 Å². The number of nitrogens with one attached hydrogen (secondary N) is 2. The van der Waals surface area contributed by atoms with Gasteiger partial charge < -0.3 is 29.6 Å². The number of carbonyl (C=O) groups excluding carboxylic acids is 1. The molecule has 0 aliphatic rings. The maximum atomic E-state index is 14.1. The van der Waals surface area contributed by atoms with Crippen LogP contribution < -0.4 is 15.9 Å². The highest BCUT2D eigenvalue weighted by atomic mass is 31.2. The van der Waals surface area contributed by atoms with Gasteiger partial charge in [-0.05, 0) is 40.5 Å². The molecule has 0 spiro atoms. The van der Waals surface area contributed by atoms with Gasteiger partial charge in [-0.15, -0.1) is 0 Å². The van der Waals surface area contributed by atoms with Crippen molar-refractivity contribution in [1.82, 2.24) is 29.7 Å². The summed E-state index contributed by atoms with van der Waals surface area (Å²) in [6.45, 7) is 11.9. The third-order valence-electron chi connectivity index (χ3n) is 6.03. The lowest BCUT2D eigenvalue weighted by atomic mass is 10.1. The van der Waals surface area contributed by atoms with Crippen molar-refractivity contribution in [2.75, 3.05) is 25.3 Å². The number of carbonyl (C=O) groups is 1. The second kappa shape index (κ2) is 15.6. The lowest BCUT2D eigenvalue weighted by Gasteiger charge is -2.36. The highest BCUT2D eigenvalue weighted by molar-refractivity contribution is 7.59. The van der Waals surface area contributed by atoms with Gasteiger partial charge in [-0.2, -0.15) is 0 Å². The summed E-state index contributed by atoms with van der Waals surface area (Å²) in [4.78, 5) is 25.0. The number of fused-ring (bicyclic) bond motifs is 1. The first-order valence-electron chi connectivity index (χ1n) is 13.6. The highest BCUT2D eigenvalue weighted by Gasteiger charge is 2.38. The smallest absolute Gasteiger partial charge is 0.323 e. The molecular formula is C25H46N7O6P. The van der Waals surface area contributed by atoms with Crippen LogP contribution in [0.2, 0.25) is 0 Å². The zero-order chi connectivity index (χ0) is 29.1. The Bertz CT molecular complexity index is 1080. The third-order valence-corrected chi connectivity index (χ3v) is 8.29. The molecule has 0 aliphatic heterocycles. The van der Waals surface area contributed by atoms with Gasteiger partial charge in [-0.3, -0.25) is 9.36 Å². The molecular weight excluding hydrogens is 525 g/mol. The molecule has 0 saturated carbocycles. The molecule has 2 aromatic heterocycles. The van der Waals surface area contributed by atoms with Crippen LogP contribution in [0.5, 0.6) is 0 Å². The Morgan fingerprint density at radius 1 is 1.13 bits per heavy atom. The molecule has 0 bridgehead atoms. The fraction of sp³-hybridized carbons (Fsp3) is 0.760. The van der Waals surface area contributed by atoms with E-state index >= 15 is 0 Å². The number of aromatic nitrogens is 4. The molecule has 2 rings (SSSR count). The number of aliphatic hydroxyl groups excluding tert-OH is 1. The van der Waals surface area contributed by atoms with E-state index in [-0.39, 0.29) is 18.8 Å². The van der Waals surface area contributed by atoms with Crippen LogP contribution in [0.4, 0.5) is 5.82 Å². The maximum absolute atomic E-state index is 14.1. The van der Waals surface area contributed by atoms with Gasteiger partial charge in [-0.1, -0.05) is 33.1 Å². The van der Waals surface area contributed by atoms with Gasteiger partial charge in [-0.25, -0.2) is 25.1 Å². The van der Waals surface area contributed by atoms with Crippen molar-refractivity contribution in [3.63, 3.8) is 0 Å². The van der Waals surface area contributed by atoms with Gasteiger partial charge >= 0.3 is 5.97 Å². The topological polar surface area (TPSA) is 176 Å². The molecule has 0 aliphatic carbocycles. The predicted octanol–water partition coefficient (Wildman–Crippen LogP) is 3.18. The van der Waals surface area contributed by atoms with E-state index in [9.17, 15) is 14.5 Å². The first kappa shape index (κ1) is 33.1. The number of ether oxygens (including phenoxy) is 3. The minimum Gasteiger partial charge on any atom is -0.465 e. The summed E-state index contributed by atoms with van der Waals surface area (Å²) in [5, 5.41) is 16.6. The summed E-state index contributed by atoms with van der Waals surface area (Å²) < 4.78 is 32.8. The van der Waals surface area contributed by atoms with Crippen LogP contribution in [0.3, 0.4) is 0 Å². The number of imidazole rings is 1. The van der Waals surface area contributed by atoms with E-state index < -0.39 is 37.4 Å². The normalized spacial score (nSPS) is 16.1. The Kier molecular flexibility index (Phi) is 13.2. The summed E-state index contributed by atoms with van der Waals surface area (Å²) in [7, 11) is -3.62. The SMILES string of the molecule is CCCCCOC(O)C(C)(C)N[P@@](=O)(CO[C@H](C)Cn1cnc2c(N)ncnc21)N[C@H](C)C(=O)OCCCC. The summed E-state index contributed by atoms with van der Waals surface area (Å²) >= 11 is 0. The van der Waals surface area contributed by atoms with Crippen molar-refractivity contribution in [1.29, 1.82) is 0 Å². The summed E-state index contributed by atoms with van der Waals surface area (Å²) in [5.41, 5.74) is 5.80. The number of aliphatic hydroxyl groups is 1. The zero-order valence-corrected chi connectivity index (χ0v) is 24.9. The number of unbranched alkanes of at least 4 members (excludes halogenated alkanes) is 3. The molecule has 0 saturated heterocycles. The van der Waals surface area contributed by atoms with Crippen molar-refractivity contribution >= 4 is 30.4 Å². The van der Waals surface area contributed by atoms with Crippen LogP contribution in [0, 0.1) is 0 Å². The van der Waals surface area contributed by atoms with Gasteiger partial charge in [0.15, 0.2) is 17.8 Å². The quantitative estimate of drug-likeness (QED) is 0.0840. The van der Waals surface area contributed by atoms with Crippen LogP contribution in [0.25, 0.3) is 11.2 Å². The van der Waals surface area contributed by atoms with E-state index in [0.29, 0.717) is 24.3 Å². The molecule has 1 unspecified atom stereocenters. The number of esters is 1. The number of nitrogen functional groups attached to an aromatic ring is 1. The van der Waals surface area contributed by atoms with Crippen LogP contribution >= 0.6 is 7.44 Å². The summed E-state index contributed by atoms with van der Waals surface area (Å²) in [6, 6.07) is -0.880. The number of anilines is 1. The molecule has 4 atom stereocenters. The van der Waals surface area contributed by atoms with Gasteiger partial charge in [0, 0.05) is 6.61 Å². The third kappa shape index (κ3) is 10.4. The van der Waals surface area contributed by atoms with E-state index in [4.69, 9.17) is 19.9 Å². The predicted molar refractivity (Wildman–Crippen MR) is 150 cm³/mol. The molecule has 222 valence electrons. The molecule has 0 aromatic carbocycles. The summed E-state index contributed by atoms with van der Waals surface area (Å²) in [5.74, 6) is -0.238. The number of hydrogen-bond donors (Lipinski definition) is 4. The number of nitrogens with two attached hydrogens (primary N) is 1. The van der Waals surface area contributed by atoms with Gasteiger partial charge in [0.2, 0.25) is 7.44 Å². The fourth-order valence-corrected chi connectivity index (χ4v) is 6.22. The van der Waals surface area contributed by atoms with Crippen LogP contribution in [0.1, 0.15) is 73.6 Å². The molecule has 13 nitrogen and oxygen atoms in total. The van der Waals surface area contributed by atoms with E-state index in [1.807, 2.05) is 13.8 Å².